The summed E-state index contributed by atoms with van der Waals surface area (Å²) in [4.78, 5) is 14.8. The molecule has 19 heavy (non-hydrogen) atoms. The van der Waals surface area contributed by atoms with E-state index < -0.39 is 0 Å². The third-order valence-corrected chi connectivity index (χ3v) is 4.40. The number of nitrogens with zero attached hydrogens (tertiary/aromatic N) is 1. The van der Waals surface area contributed by atoms with Gasteiger partial charge in [-0.2, -0.15) is 0 Å². The molecule has 2 atom stereocenters. The van der Waals surface area contributed by atoms with Crippen molar-refractivity contribution in [2.45, 2.75) is 38.1 Å². The van der Waals surface area contributed by atoms with Crippen molar-refractivity contribution in [3.63, 3.8) is 0 Å². The van der Waals surface area contributed by atoms with Crippen LogP contribution in [0.25, 0.3) is 0 Å². The zero-order valence-corrected chi connectivity index (χ0v) is 12.3. The van der Waals surface area contributed by atoms with Gasteiger partial charge in [-0.3, -0.25) is 4.79 Å². The Morgan fingerprint density at radius 1 is 1.26 bits per heavy atom. The highest BCUT2D eigenvalue weighted by molar-refractivity contribution is 5.85. The fourth-order valence-electron chi connectivity index (χ4n) is 3.11. The van der Waals surface area contributed by atoms with Crippen molar-refractivity contribution in [1.29, 1.82) is 0 Å². The highest BCUT2D eigenvalue weighted by Gasteiger charge is 2.37. The molecular formula is C14H25ClN2O2. The van der Waals surface area contributed by atoms with Gasteiger partial charge in [0, 0.05) is 31.7 Å². The molecule has 0 aromatic carbocycles. The largest absolute Gasteiger partial charge is 0.381 e. The van der Waals surface area contributed by atoms with Gasteiger partial charge in [-0.15, -0.1) is 12.4 Å². The summed E-state index contributed by atoms with van der Waals surface area (Å²) in [6, 6.07) is 0.542. The Morgan fingerprint density at radius 3 is 2.68 bits per heavy atom. The monoisotopic (exact) mass is 288 g/mol. The van der Waals surface area contributed by atoms with Gasteiger partial charge < -0.3 is 15.0 Å². The predicted octanol–water partition coefficient (Wildman–Crippen LogP) is 1.44. The van der Waals surface area contributed by atoms with Crippen LogP contribution in [-0.4, -0.2) is 49.7 Å². The Bertz CT molecular complexity index is 298. The van der Waals surface area contributed by atoms with Crippen molar-refractivity contribution < 1.29 is 9.53 Å². The van der Waals surface area contributed by atoms with Crippen LogP contribution in [0.2, 0.25) is 0 Å². The first-order valence-corrected chi connectivity index (χ1v) is 7.43. The highest BCUT2D eigenvalue weighted by Crippen LogP contribution is 2.31. The molecule has 2 saturated heterocycles. The van der Waals surface area contributed by atoms with Crippen molar-refractivity contribution in [2.24, 2.45) is 11.8 Å². The predicted molar refractivity (Wildman–Crippen MR) is 76.5 cm³/mol. The summed E-state index contributed by atoms with van der Waals surface area (Å²) in [6.45, 7) is 4.61. The number of amides is 1. The van der Waals surface area contributed by atoms with Crippen LogP contribution in [0.5, 0.6) is 0 Å². The molecule has 5 heteroatoms. The number of piperidine rings is 1. The lowest BCUT2D eigenvalue weighted by molar-refractivity contribution is -0.137. The van der Waals surface area contributed by atoms with E-state index in [1.54, 1.807) is 0 Å². The topological polar surface area (TPSA) is 41.6 Å². The average molecular weight is 289 g/mol. The van der Waals surface area contributed by atoms with Crippen molar-refractivity contribution in [2.75, 3.05) is 32.8 Å². The summed E-state index contributed by atoms with van der Waals surface area (Å²) in [5.74, 6) is 1.20. The molecule has 2 heterocycles. The van der Waals surface area contributed by atoms with E-state index in [0.29, 0.717) is 17.9 Å². The second-order valence-corrected chi connectivity index (χ2v) is 5.99. The van der Waals surface area contributed by atoms with Gasteiger partial charge in [0.1, 0.15) is 0 Å². The molecule has 0 radical (unpaired) electrons. The average Bonchev–Trinajstić information content (AvgIpc) is 3.13. The fourth-order valence-corrected chi connectivity index (χ4v) is 3.11. The van der Waals surface area contributed by atoms with E-state index in [1.165, 1.54) is 12.8 Å². The first-order chi connectivity index (χ1) is 8.84. The van der Waals surface area contributed by atoms with Crippen LogP contribution < -0.4 is 5.32 Å². The minimum atomic E-state index is 0. The number of halogens is 1. The molecule has 1 saturated carbocycles. The number of carbonyl (C=O) groups is 1. The Hall–Kier alpha value is -0.320. The lowest BCUT2D eigenvalue weighted by Gasteiger charge is -2.31. The Morgan fingerprint density at radius 2 is 2.11 bits per heavy atom. The number of nitrogens with one attached hydrogen (secondary N) is 1. The zero-order valence-electron chi connectivity index (χ0n) is 11.5. The molecule has 1 N–H and O–H groups in total. The van der Waals surface area contributed by atoms with Crippen molar-refractivity contribution >= 4 is 18.3 Å². The molecule has 3 fully saturated rings. The van der Waals surface area contributed by atoms with E-state index in [9.17, 15) is 4.79 Å². The summed E-state index contributed by atoms with van der Waals surface area (Å²) in [5.41, 5.74) is 0. The van der Waals surface area contributed by atoms with Gasteiger partial charge in [-0.1, -0.05) is 0 Å². The maximum absolute atomic E-state index is 12.6. The van der Waals surface area contributed by atoms with Gasteiger partial charge in [-0.05, 0) is 38.6 Å². The normalized spacial score (nSPS) is 30.7. The molecule has 1 unspecified atom stereocenters. The maximum atomic E-state index is 12.6. The van der Waals surface area contributed by atoms with E-state index in [0.717, 1.165) is 52.1 Å². The van der Waals surface area contributed by atoms with Crippen LogP contribution in [0.4, 0.5) is 0 Å². The van der Waals surface area contributed by atoms with Crippen LogP contribution in [0.1, 0.15) is 32.1 Å². The van der Waals surface area contributed by atoms with Gasteiger partial charge in [0.05, 0.1) is 12.5 Å². The second-order valence-electron chi connectivity index (χ2n) is 5.99. The summed E-state index contributed by atoms with van der Waals surface area (Å²) in [7, 11) is 0. The molecular weight excluding hydrogens is 264 g/mol. The Labute approximate surface area is 121 Å². The minimum Gasteiger partial charge on any atom is -0.381 e. The molecule has 2 aliphatic heterocycles. The van der Waals surface area contributed by atoms with Crippen LogP contribution in [0.15, 0.2) is 0 Å². The van der Waals surface area contributed by atoms with E-state index in [4.69, 9.17) is 4.74 Å². The van der Waals surface area contributed by atoms with E-state index in [1.807, 2.05) is 0 Å². The molecule has 110 valence electrons. The zero-order chi connectivity index (χ0) is 12.4. The van der Waals surface area contributed by atoms with Crippen LogP contribution >= 0.6 is 12.4 Å². The molecule has 3 rings (SSSR count). The van der Waals surface area contributed by atoms with Gasteiger partial charge in [0.15, 0.2) is 0 Å². The molecule has 0 spiro atoms. The third-order valence-electron chi connectivity index (χ3n) is 4.40. The summed E-state index contributed by atoms with van der Waals surface area (Å²) < 4.78 is 5.43. The minimum absolute atomic E-state index is 0. The Balaban J connectivity index is 0.00000133. The summed E-state index contributed by atoms with van der Waals surface area (Å²) in [5, 5.41) is 3.35. The molecule has 4 nitrogen and oxygen atoms in total. The van der Waals surface area contributed by atoms with Gasteiger partial charge in [0.2, 0.25) is 5.91 Å². The molecule has 0 aromatic rings. The quantitative estimate of drug-likeness (QED) is 0.851. The molecule has 3 aliphatic rings. The third kappa shape index (κ3) is 3.83. The van der Waals surface area contributed by atoms with Gasteiger partial charge in [0.25, 0.3) is 0 Å². The van der Waals surface area contributed by atoms with Gasteiger partial charge >= 0.3 is 0 Å². The number of carbonyl (C=O) groups excluding carboxylic acids is 1. The van der Waals surface area contributed by atoms with Crippen LogP contribution in [0, 0.1) is 11.8 Å². The SMILES string of the molecule is Cl.O=C([C@@H]1CCCNC1)N(CC1CCOC1)C1CC1. The van der Waals surface area contributed by atoms with E-state index in [2.05, 4.69) is 10.2 Å². The first kappa shape index (κ1) is 15.1. The first-order valence-electron chi connectivity index (χ1n) is 7.43. The number of hydrogen-bond donors (Lipinski definition) is 1. The molecule has 1 aliphatic carbocycles. The fraction of sp³-hybridized carbons (Fsp3) is 0.929. The van der Waals surface area contributed by atoms with E-state index >= 15 is 0 Å². The van der Waals surface area contributed by atoms with Crippen molar-refractivity contribution in [3.8, 4) is 0 Å². The lowest BCUT2D eigenvalue weighted by Crippen LogP contribution is -2.45. The smallest absolute Gasteiger partial charge is 0.227 e. The molecule has 0 bridgehead atoms. The number of ether oxygens (including phenoxy) is 1. The lowest BCUT2D eigenvalue weighted by atomic mass is 9.97. The van der Waals surface area contributed by atoms with E-state index in [-0.39, 0.29) is 18.3 Å². The van der Waals surface area contributed by atoms with Gasteiger partial charge in [-0.25, -0.2) is 0 Å². The number of hydrogen-bond acceptors (Lipinski definition) is 3. The maximum Gasteiger partial charge on any atom is 0.227 e. The summed E-state index contributed by atoms with van der Waals surface area (Å²) >= 11 is 0. The van der Waals surface area contributed by atoms with Crippen molar-refractivity contribution in [1.82, 2.24) is 10.2 Å². The second kappa shape index (κ2) is 6.91. The number of rotatable bonds is 4. The van der Waals surface area contributed by atoms with Crippen molar-refractivity contribution in [3.05, 3.63) is 0 Å². The molecule has 1 amide bonds. The summed E-state index contributed by atoms with van der Waals surface area (Å²) in [6.07, 6.45) is 5.75. The molecule has 0 aromatic heterocycles. The Kier molecular flexibility index (Phi) is 5.48. The highest BCUT2D eigenvalue weighted by atomic mass is 35.5. The van der Waals surface area contributed by atoms with Crippen LogP contribution in [0.3, 0.4) is 0 Å². The van der Waals surface area contributed by atoms with Crippen LogP contribution in [-0.2, 0) is 9.53 Å². The standard InChI is InChI=1S/C14H24N2O2.ClH/c17-14(12-2-1-6-15-8-12)16(13-3-4-13)9-11-5-7-18-10-11;/h11-13,15H,1-10H2;1H/t11?,12-;/m1./s1.